The van der Waals surface area contributed by atoms with Gasteiger partial charge in [-0.25, -0.2) is 0 Å². The maximum Gasteiger partial charge on any atom is 0.338 e. The van der Waals surface area contributed by atoms with Crippen LogP contribution in [0.4, 0.5) is 0 Å². The highest BCUT2D eigenvalue weighted by molar-refractivity contribution is 7.54. The van der Waals surface area contributed by atoms with Gasteiger partial charge in [0.25, 0.3) is 0 Å². The summed E-state index contributed by atoms with van der Waals surface area (Å²) in [5, 5.41) is 15.4. The average molecular weight is 294 g/mol. The van der Waals surface area contributed by atoms with E-state index in [0.717, 1.165) is 0 Å². The van der Waals surface area contributed by atoms with Crippen molar-refractivity contribution in [3.05, 3.63) is 0 Å². The molecule has 0 aromatic carbocycles. The average Bonchev–Trinajstić information content (AvgIpc) is 2.25. The summed E-state index contributed by atoms with van der Waals surface area (Å²) >= 11 is 0. The van der Waals surface area contributed by atoms with E-state index in [1.54, 1.807) is 13.8 Å². The van der Waals surface area contributed by atoms with E-state index in [0.29, 0.717) is 0 Å². The second kappa shape index (κ2) is 8.63. The normalized spacial score (nSPS) is 13.6. The molecule has 10 heteroatoms. The number of amidine groups is 2. The van der Waals surface area contributed by atoms with E-state index < -0.39 is 20.0 Å². The molecule has 0 aliphatic heterocycles. The fourth-order valence-electron chi connectivity index (χ4n) is 1.07. The van der Waals surface area contributed by atoms with Crippen LogP contribution in [-0.4, -0.2) is 42.1 Å². The van der Waals surface area contributed by atoms with Crippen molar-refractivity contribution in [2.45, 2.75) is 20.3 Å². The van der Waals surface area contributed by atoms with Crippen LogP contribution in [0.3, 0.4) is 0 Å². The molecular weight excluding hydrogens is 275 g/mol. The molecule has 0 amide bonds. The summed E-state index contributed by atoms with van der Waals surface area (Å²) in [4.78, 5) is 10.3. The Morgan fingerprint density at radius 3 is 2.05 bits per heavy atom. The van der Waals surface area contributed by atoms with Crippen LogP contribution >= 0.6 is 7.60 Å². The zero-order valence-electron chi connectivity index (χ0n) is 10.9. The number of rotatable bonds is 9. The Kier molecular flexibility index (Phi) is 7.97. The van der Waals surface area contributed by atoms with Crippen LogP contribution in [0.5, 0.6) is 0 Å². The maximum atomic E-state index is 12.1. The Morgan fingerprint density at radius 1 is 1.16 bits per heavy atom. The molecule has 0 atom stereocenters. The monoisotopic (exact) mass is 294 g/mol. The van der Waals surface area contributed by atoms with Crippen LogP contribution in [0.1, 0.15) is 20.3 Å². The molecule has 9 nitrogen and oxygen atoms in total. The van der Waals surface area contributed by atoms with Crippen molar-refractivity contribution in [3.63, 3.8) is 0 Å². The number of hydrogen-bond acceptors (Lipinski definition) is 6. The van der Waals surface area contributed by atoms with Crippen molar-refractivity contribution in [2.75, 3.05) is 19.4 Å². The van der Waals surface area contributed by atoms with Crippen molar-refractivity contribution >= 4 is 25.2 Å². The lowest BCUT2D eigenvalue weighted by Crippen LogP contribution is -2.20. The van der Waals surface area contributed by atoms with Gasteiger partial charge in [0, 0.05) is 0 Å². The van der Waals surface area contributed by atoms with E-state index in [9.17, 15) is 9.36 Å². The topological polar surface area (TPSA) is 150 Å². The van der Waals surface area contributed by atoms with Crippen LogP contribution in [0.2, 0.25) is 0 Å². The van der Waals surface area contributed by atoms with Crippen molar-refractivity contribution < 1.29 is 23.5 Å². The third-order valence-corrected chi connectivity index (χ3v) is 3.66. The second-order valence-electron chi connectivity index (χ2n) is 3.36. The summed E-state index contributed by atoms with van der Waals surface area (Å²) in [7, 11) is -3.35. The number of carboxylic acid groups (broad SMARTS) is 1. The van der Waals surface area contributed by atoms with E-state index in [1.807, 2.05) is 0 Å². The molecule has 0 saturated carbocycles. The van der Waals surface area contributed by atoms with Crippen molar-refractivity contribution in [1.29, 1.82) is 0 Å². The first-order valence-corrected chi connectivity index (χ1v) is 7.30. The van der Waals surface area contributed by atoms with Crippen LogP contribution in [-0.2, 0) is 18.4 Å². The number of nitrogens with two attached hydrogens (primary N) is 2. The first-order chi connectivity index (χ1) is 8.83. The number of nitrogens with zero attached hydrogens (tertiary/aromatic N) is 2. The molecule has 0 unspecified atom stereocenters. The van der Waals surface area contributed by atoms with Crippen LogP contribution in [0.25, 0.3) is 0 Å². The van der Waals surface area contributed by atoms with Crippen LogP contribution in [0, 0.1) is 0 Å². The molecule has 0 aromatic heterocycles. The molecule has 0 fully saturated rings. The first kappa shape index (κ1) is 17.6. The van der Waals surface area contributed by atoms with Gasteiger partial charge in [-0.1, -0.05) is 0 Å². The number of carbonyl (C=O) groups is 1. The van der Waals surface area contributed by atoms with Gasteiger partial charge >= 0.3 is 13.6 Å². The summed E-state index contributed by atoms with van der Waals surface area (Å²) in [5.41, 5.74) is 10.8. The Morgan fingerprint density at radius 2 is 1.63 bits per heavy atom. The lowest BCUT2D eigenvalue weighted by molar-refractivity contribution is -0.135. The molecule has 0 aliphatic rings. The number of aliphatic carboxylic acids is 1. The lowest BCUT2D eigenvalue weighted by Gasteiger charge is -2.15. The molecule has 0 heterocycles. The fourth-order valence-corrected chi connectivity index (χ4v) is 2.57. The highest BCUT2D eigenvalue weighted by Crippen LogP contribution is 2.47. The van der Waals surface area contributed by atoms with Gasteiger partial charge in [0.05, 0.1) is 13.2 Å². The second-order valence-corrected chi connectivity index (χ2v) is 5.41. The standard InChI is InChI=1S/C9H19N4O5P/c1-3-17-19(16,18-4-2)6-8(11)13-12-7(10)5-9(14)15/h3-6H2,1-2H3,(H2,10,12)(H2,11,13)(H,14,15). The summed E-state index contributed by atoms with van der Waals surface area (Å²) in [6.07, 6.45) is -0.691. The van der Waals surface area contributed by atoms with E-state index in [2.05, 4.69) is 10.2 Å². The molecule has 0 saturated heterocycles. The van der Waals surface area contributed by atoms with Crippen molar-refractivity contribution in [3.8, 4) is 0 Å². The fraction of sp³-hybridized carbons (Fsp3) is 0.667. The van der Waals surface area contributed by atoms with Crippen LogP contribution < -0.4 is 11.5 Å². The van der Waals surface area contributed by atoms with E-state index >= 15 is 0 Å². The Bertz CT molecular complexity index is 399. The predicted molar refractivity (Wildman–Crippen MR) is 71.2 cm³/mol. The smallest absolute Gasteiger partial charge is 0.338 e. The highest BCUT2D eigenvalue weighted by atomic mass is 31.2. The Balaban J connectivity index is 4.68. The lowest BCUT2D eigenvalue weighted by atomic mass is 10.4. The van der Waals surface area contributed by atoms with E-state index in [1.165, 1.54) is 0 Å². The van der Waals surface area contributed by atoms with Gasteiger partial charge in [-0.2, -0.15) is 0 Å². The molecule has 0 aliphatic carbocycles. The third kappa shape index (κ3) is 8.30. The minimum atomic E-state index is -3.35. The van der Waals surface area contributed by atoms with Gasteiger partial charge in [0.1, 0.15) is 24.3 Å². The molecular formula is C9H19N4O5P. The van der Waals surface area contributed by atoms with Gasteiger partial charge in [0.2, 0.25) is 0 Å². The van der Waals surface area contributed by atoms with Gasteiger partial charge in [-0.3, -0.25) is 9.36 Å². The number of hydrogen-bond donors (Lipinski definition) is 3. The van der Waals surface area contributed by atoms with Crippen LogP contribution in [0.15, 0.2) is 10.2 Å². The highest BCUT2D eigenvalue weighted by Gasteiger charge is 2.25. The van der Waals surface area contributed by atoms with Gasteiger partial charge < -0.3 is 25.6 Å². The van der Waals surface area contributed by atoms with Crippen molar-refractivity contribution in [2.24, 2.45) is 21.7 Å². The summed E-state index contributed by atoms with van der Waals surface area (Å²) in [6.45, 7) is 3.74. The summed E-state index contributed by atoms with van der Waals surface area (Å²) in [5.74, 6) is -1.46. The minimum absolute atomic E-state index is 0.112. The quantitative estimate of drug-likeness (QED) is 0.240. The molecule has 0 spiro atoms. The molecule has 0 radical (unpaired) electrons. The Hall–Kier alpha value is -1.44. The summed E-state index contributed by atoms with van der Waals surface area (Å²) in [6, 6.07) is 0. The molecule has 110 valence electrons. The first-order valence-electron chi connectivity index (χ1n) is 5.57. The van der Waals surface area contributed by atoms with Gasteiger partial charge in [0.15, 0.2) is 0 Å². The molecule has 0 aromatic rings. The number of carboxylic acids is 1. The SMILES string of the molecule is CCOP(=O)(C/C(N)=N/N=C(\N)CC(=O)O)OCC. The molecule has 0 rings (SSSR count). The molecule has 0 bridgehead atoms. The summed E-state index contributed by atoms with van der Waals surface area (Å²) < 4.78 is 22.1. The van der Waals surface area contributed by atoms with Gasteiger partial charge in [-0.15, -0.1) is 10.2 Å². The van der Waals surface area contributed by atoms with E-state index in [4.69, 9.17) is 25.6 Å². The van der Waals surface area contributed by atoms with E-state index in [-0.39, 0.29) is 31.0 Å². The Labute approximate surface area is 111 Å². The predicted octanol–water partition coefficient (Wildman–Crippen LogP) is 0.357. The zero-order valence-corrected chi connectivity index (χ0v) is 11.8. The van der Waals surface area contributed by atoms with Crippen molar-refractivity contribution in [1.82, 2.24) is 0 Å². The molecule has 19 heavy (non-hydrogen) atoms. The zero-order chi connectivity index (χ0) is 14.9. The third-order valence-electron chi connectivity index (χ3n) is 1.65. The van der Waals surface area contributed by atoms with Gasteiger partial charge in [-0.05, 0) is 13.8 Å². The maximum absolute atomic E-state index is 12.1. The molecule has 5 N–H and O–H groups in total. The minimum Gasteiger partial charge on any atom is -0.481 e. The largest absolute Gasteiger partial charge is 0.481 e.